The van der Waals surface area contributed by atoms with E-state index in [9.17, 15) is 5.11 Å². The van der Waals surface area contributed by atoms with Gasteiger partial charge in [0.15, 0.2) is 0 Å². The Labute approximate surface area is 84.0 Å². The van der Waals surface area contributed by atoms with E-state index in [0.29, 0.717) is 13.0 Å². The first kappa shape index (κ1) is 11.0. The lowest BCUT2D eigenvalue weighted by atomic mass is 10.2. The molecule has 1 unspecified atom stereocenters. The minimum Gasteiger partial charge on any atom is -0.396 e. The Morgan fingerprint density at radius 2 is 2.36 bits per heavy atom. The summed E-state index contributed by atoms with van der Waals surface area (Å²) < 4.78 is 5.22. The Balaban J connectivity index is 2.16. The van der Waals surface area contributed by atoms with Crippen LogP contribution in [0.4, 0.5) is 0 Å². The highest BCUT2D eigenvalue weighted by Gasteiger charge is 2.02. The zero-order valence-electron chi connectivity index (χ0n) is 7.94. The molecule has 1 rings (SSSR count). The van der Waals surface area contributed by atoms with Crippen LogP contribution in [0.1, 0.15) is 12.0 Å². The Hall–Kier alpha value is -1.08. The van der Waals surface area contributed by atoms with Crippen LogP contribution < -0.4 is 0 Å². The molecule has 0 saturated carbocycles. The van der Waals surface area contributed by atoms with Crippen molar-refractivity contribution in [3.05, 3.63) is 35.9 Å². The maximum absolute atomic E-state index is 9.22. The molecule has 0 aromatic heterocycles. The molecule has 1 aromatic carbocycles. The number of aliphatic hydroxyl groups is 2. The van der Waals surface area contributed by atoms with Crippen molar-refractivity contribution in [2.24, 2.45) is 0 Å². The van der Waals surface area contributed by atoms with Crippen molar-refractivity contribution in [1.82, 2.24) is 0 Å². The van der Waals surface area contributed by atoms with Crippen LogP contribution in [0, 0.1) is 12.1 Å². The number of hydrogen-bond acceptors (Lipinski definition) is 3. The topological polar surface area (TPSA) is 49.7 Å². The summed E-state index contributed by atoms with van der Waals surface area (Å²) in [5, 5.41) is 17.8. The van der Waals surface area contributed by atoms with Gasteiger partial charge in [0.05, 0.1) is 19.3 Å². The monoisotopic (exact) mass is 194 g/mol. The Morgan fingerprint density at radius 1 is 1.50 bits per heavy atom. The summed E-state index contributed by atoms with van der Waals surface area (Å²) in [5.74, 6) is 0. The van der Waals surface area contributed by atoms with E-state index in [1.54, 1.807) is 6.07 Å². The molecule has 0 spiro atoms. The highest BCUT2D eigenvalue weighted by molar-refractivity contribution is 5.06. The van der Waals surface area contributed by atoms with Gasteiger partial charge < -0.3 is 14.9 Å². The van der Waals surface area contributed by atoms with Crippen molar-refractivity contribution >= 4 is 0 Å². The second-order valence-electron chi connectivity index (χ2n) is 3.00. The van der Waals surface area contributed by atoms with Gasteiger partial charge in [0.25, 0.3) is 0 Å². The maximum Gasteiger partial charge on any atom is 0.0796 e. The lowest BCUT2D eigenvalue weighted by molar-refractivity contribution is 0.0168. The fraction of sp³-hybridized carbons (Fsp3) is 0.455. The fourth-order valence-corrected chi connectivity index (χ4v) is 1.01. The van der Waals surface area contributed by atoms with Gasteiger partial charge in [-0.05, 0) is 18.6 Å². The van der Waals surface area contributed by atoms with Crippen LogP contribution in [-0.2, 0) is 11.3 Å². The number of ether oxygens (including phenoxy) is 1. The van der Waals surface area contributed by atoms with E-state index in [4.69, 9.17) is 9.84 Å². The van der Waals surface area contributed by atoms with E-state index in [-0.39, 0.29) is 13.2 Å². The van der Waals surface area contributed by atoms with E-state index in [0.717, 1.165) is 5.56 Å². The smallest absolute Gasteiger partial charge is 0.0796 e. The lowest BCUT2D eigenvalue weighted by Crippen LogP contribution is -2.16. The van der Waals surface area contributed by atoms with E-state index in [1.807, 2.05) is 12.1 Å². The van der Waals surface area contributed by atoms with Crippen molar-refractivity contribution in [3.8, 4) is 0 Å². The molecule has 0 aliphatic carbocycles. The van der Waals surface area contributed by atoms with Crippen LogP contribution >= 0.6 is 0 Å². The molecule has 3 heteroatoms. The third-order valence-corrected chi connectivity index (χ3v) is 1.74. The molecule has 0 heterocycles. The highest BCUT2D eigenvalue weighted by atomic mass is 16.5. The Bertz CT molecular complexity index is 236. The van der Waals surface area contributed by atoms with Crippen molar-refractivity contribution in [1.29, 1.82) is 0 Å². The van der Waals surface area contributed by atoms with Gasteiger partial charge in [-0.15, -0.1) is 0 Å². The first-order chi connectivity index (χ1) is 6.83. The molecule has 3 nitrogen and oxygen atoms in total. The first-order valence-corrected chi connectivity index (χ1v) is 4.57. The van der Waals surface area contributed by atoms with Crippen molar-refractivity contribution in [2.45, 2.75) is 19.1 Å². The highest BCUT2D eigenvalue weighted by Crippen LogP contribution is 1.98. The number of rotatable bonds is 6. The molecule has 0 fully saturated rings. The van der Waals surface area contributed by atoms with Crippen molar-refractivity contribution in [2.75, 3.05) is 13.2 Å². The summed E-state index contributed by atoms with van der Waals surface area (Å²) in [7, 11) is 0. The summed E-state index contributed by atoms with van der Waals surface area (Å²) in [5.41, 5.74) is 0.906. The van der Waals surface area contributed by atoms with Gasteiger partial charge in [0.1, 0.15) is 0 Å². The van der Waals surface area contributed by atoms with E-state index in [2.05, 4.69) is 12.1 Å². The molecule has 0 aliphatic heterocycles. The number of aliphatic hydroxyl groups excluding tert-OH is 2. The van der Waals surface area contributed by atoms with Gasteiger partial charge in [-0.1, -0.05) is 18.2 Å². The SMILES string of the molecule is OCCC(O)COCc1c#cccc1. The molecule has 0 bridgehead atoms. The van der Waals surface area contributed by atoms with Crippen molar-refractivity contribution in [3.63, 3.8) is 0 Å². The predicted octanol–water partition coefficient (Wildman–Crippen LogP) is 0.547. The van der Waals surface area contributed by atoms with Gasteiger partial charge in [-0.25, -0.2) is 0 Å². The molecule has 0 radical (unpaired) electrons. The van der Waals surface area contributed by atoms with Crippen molar-refractivity contribution < 1.29 is 14.9 Å². The third-order valence-electron chi connectivity index (χ3n) is 1.74. The lowest BCUT2D eigenvalue weighted by Gasteiger charge is -2.08. The third kappa shape index (κ3) is 4.24. The molecule has 1 aromatic rings. The molecule has 2 N–H and O–H groups in total. The van der Waals surface area contributed by atoms with Crippen LogP contribution in [0.5, 0.6) is 0 Å². The summed E-state index contributed by atoms with van der Waals surface area (Å²) in [4.78, 5) is 0. The quantitative estimate of drug-likeness (QED) is 0.695. The van der Waals surface area contributed by atoms with E-state index >= 15 is 0 Å². The molecule has 0 saturated heterocycles. The molecule has 0 aliphatic rings. The van der Waals surface area contributed by atoms with Gasteiger partial charge in [0, 0.05) is 12.2 Å². The summed E-state index contributed by atoms with van der Waals surface area (Å²) in [6.07, 6.45) is -0.238. The molecule has 1 atom stereocenters. The summed E-state index contributed by atoms with van der Waals surface area (Å²) >= 11 is 0. The second kappa shape index (κ2) is 6.39. The molecular weight excluding hydrogens is 180 g/mol. The minimum absolute atomic E-state index is 0.0181. The van der Waals surface area contributed by atoms with Crippen LogP contribution in [0.3, 0.4) is 0 Å². The van der Waals surface area contributed by atoms with Gasteiger partial charge in [-0.2, -0.15) is 0 Å². The van der Waals surface area contributed by atoms with Gasteiger partial charge >= 0.3 is 0 Å². The normalized spacial score (nSPS) is 12.1. The molecule has 0 amide bonds. The maximum atomic E-state index is 9.22. The standard InChI is InChI=1S/C11H14O3/c12-7-6-11(13)9-14-8-10-4-2-1-3-5-10/h1-2,4,11-13H,6-9H2. The van der Waals surface area contributed by atoms with Gasteiger partial charge in [-0.3, -0.25) is 0 Å². The second-order valence-corrected chi connectivity index (χ2v) is 3.00. The average molecular weight is 194 g/mol. The van der Waals surface area contributed by atoms with Crippen LogP contribution in [-0.4, -0.2) is 29.5 Å². The fourth-order valence-electron chi connectivity index (χ4n) is 1.01. The predicted molar refractivity (Wildman–Crippen MR) is 51.5 cm³/mol. The molecule has 76 valence electrons. The summed E-state index contributed by atoms with van der Waals surface area (Å²) in [6.45, 7) is 0.638. The van der Waals surface area contributed by atoms with E-state index < -0.39 is 6.10 Å². The Morgan fingerprint density at radius 3 is 3.00 bits per heavy atom. The zero-order valence-corrected chi connectivity index (χ0v) is 7.94. The molecular formula is C11H14O3. The van der Waals surface area contributed by atoms with Crippen LogP contribution in [0.25, 0.3) is 0 Å². The number of hydrogen-bond donors (Lipinski definition) is 2. The largest absolute Gasteiger partial charge is 0.396 e. The van der Waals surface area contributed by atoms with Gasteiger partial charge in [0.2, 0.25) is 0 Å². The Kier molecular flexibility index (Phi) is 5.02. The van der Waals surface area contributed by atoms with E-state index in [1.165, 1.54) is 0 Å². The zero-order chi connectivity index (χ0) is 10.2. The molecule has 14 heavy (non-hydrogen) atoms. The minimum atomic E-state index is -0.590. The van der Waals surface area contributed by atoms with Crippen LogP contribution in [0.15, 0.2) is 18.2 Å². The average Bonchev–Trinajstić information content (AvgIpc) is 2.20. The summed E-state index contributed by atoms with van der Waals surface area (Å²) in [6, 6.07) is 11.2. The first-order valence-electron chi connectivity index (χ1n) is 4.57. The van der Waals surface area contributed by atoms with Crippen LogP contribution in [0.2, 0.25) is 0 Å².